The Balaban J connectivity index is 2.14. The monoisotopic (exact) mass is 317 g/mol. The van der Waals surface area contributed by atoms with Crippen LogP contribution in [0.2, 0.25) is 5.02 Å². The van der Waals surface area contributed by atoms with Crippen LogP contribution in [0.25, 0.3) is 0 Å². The summed E-state index contributed by atoms with van der Waals surface area (Å²) in [5.41, 5.74) is 1.25. The first-order valence-electron chi connectivity index (χ1n) is 5.76. The Kier molecular flexibility index (Phi) is 4.14. The molecule has 2 rings (SSSR count). The Morgan fingerprint density at radius 3 is 2.88 bits per heavy atom. The van der Waals surface area contributed by atoms with Crippen molar-refractivity contribution in [3.8, 4) is 0 Å². The maximum Gasteiger partial charge on any atom is 0.0645 e. The number of halogens is 2. The minimum Gasteiger partial charge on any atom is -0.378 e. The Hall–Kier alpha value is -0.0900. The normalized spacial score (nSPS) is 20.5. The molecule has 1 saturated heterocycles. The van der Waals surface area contributed by atoms with Crippen molar-refractivity contribution in [2.75, 3.05) is 19.8 Å². The van der Waals surface area contributed by atoms with Crippen molar-refractivity contribution < 1.29 is 4.74 Å². The molecule has 17 heavy (non-hydrogen) atoms. The molecule has 0 radical (unpaired) electrons. The van der Waals surface area contributed by atoms with Crippen molar-refractivity contribution in [2.24, 2.45) is 0 Å². The van der Waals surface area contributed by atoms with E-state index in [0.717, 1.165) is 35.8 Å². The van der Waals surface area contributed by atoms with E-state index in [1.165, 1.54) is 5.56 Å². The molecular formula is C13H17BrClNO. The Bertz CT molecular complexity index is 408. The quantitative estimate of drug-likeness (QED) is 0.824. The molecular weight excluding hydrogens is 302 g/mol. The zero-order chi connectivity index (χ0) is 12.5. The van der Waals surface area contributed by atoms with Crippen LogP contribution in [-0.4, -0.2) is 30.2 Å². The topological polar surface area (TPSA) is 12.5 Å². The molecule has 4 heteroatoms. The molecule has 0 saturated carbocycles. The second-order valence-corrected chi connectivity index (χ2v) is 6.35. The molecule has 1 fully saturated rings. The minimum absolute atomic E-state index is 0.0780. The average molecular weight is 319 g/mol. The van der Waals surface area contributed by atoms with E-state index in [-0.39, 0.29) is 5.54 Å². The molecule has 0 atom stereocenters. The van der Waals surface area contributed by atoms with Gasteiger partial charge in [0.2, 0.25) is 0 Å². The highest BCUT2D eigenvalue weighted by Crippen LogP contribution is 2.26. The molecule has 1 aromatic rings. The highest BCUT2D eigenvalue weighted by Gasteiger charge is 2.30. The van der Waals surface area contributed by atoms with E-state index in [2.05, 4.69) is 40.7 Å². The average Bonchev–Trinajstić information content (AvgIpc) is 2.24. The maximum absolute atomic E-state index is 6.25. The second-order valence-electron chi connectivity index (χ2n) is 5.02. The first-order valence-corrected chi connectivity index (χ1v) is 6.93. The number of ether oxygens (including phenoxy) is 1. The fourth-order valence-electron chi connectivity index (χ4n) is 2.04. The van der Waals surface area contributed by atoms with Crippen LogP contribution < -0.4 is 0 Å². The summed E-state index contributed by atoms with van der Waals surface area (Å²) in [6.07, 6.45) is 0. The van der Waals surface area contributed by atoms with Crippen molar-refractivity contribution in [2.45, 2.75) is 25.9 Å². The Morgan fingerprint density at radius 2 is 2.24 bits per heavy atom. The Labute approximate surface area is 116 Å². The lowest BCUT2D eigenvalue weighted by atomic mass is 10.0. The van der Waals surface area contributed by atoms with E-state index < -0.39 is 0 Å². The molecule has 2 nitrogen and oxygen atoms in total. The van der Waals surface area contributed by atoms with Gasteiger partial charge in [0.05, 0.1) is 13.2 Å². The largest absolute Gasteiger partial charge is 0.378 e. The lowest BCUT2D eigenvalue weighted by Gasteiger charge is -2.42. The molecule has 0 bridgehead atoms. The van der Waals surface area contributed by atoms with Crippen LogP contribution in [0.1, 0.15) is 19.4 Å². The molecule has 94 valence electrons. The molecule has 0 aliphatic carbocycles. The van der Waals surface area contributed by atoms with E-state index in [4.69, 9.17) is 16.3 Å². The number of rotatable bonds is 2. The number of morpholine rings is 1. The molecule has 1 aromatic carbocycles. The van der Waals surface area contributed by atoms with E-state index in [1.807, 2.05) is 12.1 Å². The number of nitrogens with zero attached hydrogens (tertiary/aromatic N) is 1. The molecule has 0 N–H and O–H groups in total. The molecule has 0 spiro atoms. The summed E-state index contributed by atoms with van der Waals surface area (Å²) in [5, 5.41) is 0.821. The van der Waals surface area contributed by atoms with Gasteiger partial charge in [0, 0.05) is 28.1 Å². The third-order valence-electron chi connectivity index (χ3n) is 3.19. The summed E-state index contributed by atoms with van der Waals surface area (Å²) in [5.74, 6) is 0. The predicted octanol–water partition coefficient (Wildman–Crippen LogP) is 3.71. The maximum atomic E-state index is 6.25. The first-order chi connectivity index (χ1) is 7.99. The van der Waals surface area contributed by atoms with E-state index >= 15 is 0 Å². The summed E-state index contributed by atoms with van der Waals surface area (Å²) >= 11 is 9.68. The van der Waals surface area contributed by atoms with Crippen LogP contribution in [0, 0.1) is 0 Å². The minimum atomic E-state index is 0.0780. The number of hydrogen-bond donors (Lipinski definition) is 0. The third-order valence-corrected chi connectivity index (χ3v) is 4.04. The molecule has 0 amide bonds. The molecule has 0 unspecified atom stereocenters. The molecule has 1 aliphatic heterocycles. The fourth-order valence-corrected chi connectivity index (χ4v) is 2.77. The van der Waals surface area contributed by atoms with Gasteiger partial charge in [-0.3, -0.25) is 4.90 Å². The van der Waals surface area contributed by atoms with Crippen molar-refractivity contribution in [1.29, 1.82) is 0 Å². The molecule has 0 aromatic heterocycles. The molecule has 1 aliphatic rings. The summed E-state index contributed by atoms with van der Waals surface area (Å²) in [6, 6.07) is 6.07. The SMILES string of the molecule is CC1(C)COCCN1Cc1ccc(Br)cc1Cl. The van der Waals surface area contributed by atoms with Gasteiger partial charge >= 0.3 is 0 Å². The highest BCUT2D eigenvalue weighted by atomic mass is 79.9. The van der Waals surface area contributed by atoms with Crippen molar-refractivity contribution >= 4 is 27.5 Å². The van der Waals surface area contributed by atoms with Gasteiger partial charge in [-0.2, -0.15) is 0 Å². The number of hydrogen-bond acceptors (Lipinski definition) is 2. The fraction of sp³-hybridized carbons (Fsp3) is 0.538. The van der Waals surface area contributed by atoms with Gasteiger partial charge in [-0.25, -0.2) is 0 Å². The van der Waals surface area contributed by atoms with Gasteiger partial charge in [0.1, 0.15) is 0 Å². The van der Waals surface area contributed by atoms with Gasteiger partial charge < -0.3 is 4.74 Å². The molecule has 1 heterocycles. The Morgan fingerprint density at radius 1 is 1.47 bits per heavy atom. The highest BCUT2D eigenvalue weighted by molar-refractivity contribution is 9.10. The van der Waals surface area contributed by atoms with Gasteiger partial charge in [-0.1, -0.05) is 33.6 Å². The number of benzene rings is 1. The standard InChI is InChI=1S/C13H17BrClNO/c1-13(2)9-17-6-5-16(13)8-10-3-4-11(14)7-12(10)15/h3-4,7H,5-6,8-9H2,1-2H3. The van der Waals surface area contributed by atoms with Gasteiger partial charge in [-0.05, 0) is 31.5 Å². The van der Waals surface area contributed by atoms with Gasteiger partial charge in [-0.15, -0.1) is 0 Å². The van der Waals surface area contributed by atoms with Crippen LogP contribution in [0.4, 0.5) is 0 Å². The lowest BCUT2D eigenvalue weighted by Crippen LogP contribution is -2.52. The summed E-state index contributed by atoms with van der Waals surface area (Å²) < 4.78 is 6.54. The predicted molar refractivity (Wildman–Crippen MR) is 74.5 cm³/mol. The second kappa shape index (κ2) is 5.27. The zero-order valence-electron chi connectivity index (χ0n) is 10.2. The summed E-state index contributed by atoms with van der Waals surface area (Å²) in [6.45, 7) is 7.83. The van der Waals surface area contributed by atoms with Crippen LogP contribution in [0.15, 0.2) is 22.7 Å². The van der Waals surface area contributed by atoms with Crippen molar-refractivity contribution in [3.05, 3.63) is 33.3 Å². The van der Waals surface area contributed by atoms with Crippen molar-refractivity contribution in [3.63, 3.8) is 0 Å². The van der Waals surface area contributed by atoms with Crippen molar-refractivity contribution in [1.82, 2.24) is 4.90 Å². The lowest BCUT2D eigenvalue weighted by molar-refractivity contribution is -0.0552. The first kappa shape index (κ1) is 13.3. The van der Waals surface area contributed by atoms with Crippen LogP contribution in [0.3, 0.4) is 0 Å². The van der Waals surface area contributed by atoms with Gasteiger partial charge in [0.15, 0.2) is 0 Å². The zero-order valence-corrected chi connectivity index (χ0v) is 12.5. The summed E-state index contributed by atoms with van der Waals surface area (Å²) in [4.78, 5) is 2.42. The van der Waals surface area contributed by atoms with E-state index in [9.17, 15) is 0 Å². The van der Waals surface area contributed by atoms with Crippen LogP contribution in [-0.2, 0) is 11.3 Å². The summed E-state index contributed by atoms with van der Waals surface area (Å²) in [7, 11) is 0. The van der Waals surface area contributed by atoms with Crippen LogP contribution >= 0.6 is 27.5 Å². The smallest absolute Gasteiger partial charge is 0.0645 e. The van der Waals surface area contributed by atoms with Crippen LogP contribution in [0.5, 0.6) is 0 Å². The van der Waals surface area contributed by atoms with E-state index in [0.29, 0.717) is 0 Å². The van der Waals surface area contributed by atoms with E-state index in [1.54, 1.807) is 0 Å². The van der Waals surface area contributed by atoms with Gasteiger partial charge in [0.25, 0.3) is 0 Å². The third kappa shape index (κ3) is 3.22.